The molecule has 1 amide bonds. The molecular formula is C11H13ClN2O4S. The van der Waals surface area contributed by atoms with Crippen LogP contribution in [0.25, 0.3) is 0 Å². The van der Waals surface area contributed by atoms with Gasteiger partial charge in [-0.1, -0.05) is 17.7 Å². The summed E-state index contributed by atoms with van der Waals surface area (Å²) in [7, 11) is -1.06. The van der Waals surface area contributed by atoms with Gasteiger partial charge in [-0.3, -0.25) is 19.1 Å². The highest BCUT2D eigenvalue weighted by Gasteiger charge is 2.20. The number of hydrogen-bond acceptors (Lipinski definition) is 4. The van der Waals surface area contributed by atoms with E-state index >= 15 is 0 Å². The number of carbonyl (C=O) groups excluding carboxylic acids is 1. The molecule has 0 saturated heterocycles. The van der Waals surface area contributed by atoms with Crippen LogP contribution in [0.3, 0.4) is 0 Å². The molecule has 6 nitrogen and oxygen atoms in total. The molecule has 0 aliphatic rings. The summed E-state index contributed by atoms with van der Waals surface area (Å²) in [6, 6.07) is 4.02. The molecule has 1 rings (SSSR count). The summed E-state index contributed by atoms with van der Waals surface area (Å²) in [5.41, 5.74) is -0.286. The van der Waals surface area contributed by atoms with Crippen LogP contribution in [0, 0.1) is 10.1 Å². The van der Waals surface area contributed by atoms with E-state index in [1.807, 2.05) is 0 Å². The molecule has 0 fully saturated rings. The van der Waals surface area contributed by atoms with Crippen LogP contribution in [0.15, 0.2) is 18.2 Å². The Bertz CT molecular complexity index is 535. The van der Waals surface area contributed by atoms with E-state index in [4.69, 9.17) is 11.6 Å². The van der Waals surface area contributed by atoms with E-state index in [2.05, 4.69) is 5.32 Å². The molecule has 1 N–H and O–H groups in total. The van der Waals surface area contributed by atoms with Gasteiger partial charge in [0.2, 0.25) is 0 Å². The van der Waals surface area contributed by atoms with Gasteiger partial charge in [-0.2, -0.15) is 0 Å². The zero-order valence-corrected chi connectivity index (χ0v) is 12.0. The van der Waals surface area contributed by atoms with E-state index in [9.17, 15) is 19.1 Å². The Balaban J connectivity index is 2.86. The largest absolute Gasteiger partial charge is 0.351 e. The van der Waals surface area contributed by atoms with Gasteiger partial charge in [-0.05, 0) is 13.0 Å². The molecule has 8 heteroatoms. The summed E-state index contributed by atoms with van der Waals surface area (Å²) < 4.78 is 11.1. The minimum Gasteiger partial charge on any atom is -0.351 e. The lowest BCUT2D eigenvalue weighted by atomic mass is 10.2. The molecule has 0 radical (unpaired) electrons. The van der Waals surface area contributed by atoms with E-state index in [0.717, 1.165) is 0 Å². The Morgan fingerprint density at radius 2 is 2.21 bits per heavy atom. The first-order valence-electron chi connectivity index (χ1n) is 5.38. The minimum atomic E-state index is -1.06. The summed E-state index contributed by atoms with van der Waals surface area (Å²) in [6.07, 6.45) is 1.54. The number of hydrogen-bond donors (Lipinski definition) is 1. The highest BCUT2D eigenvalue weighted by molar-refractivity contribution is 7.84. The summed E-state index contributed by atoms with van der Waals surface area (Å²) in [6.45, 7) is 1.94. The number of carbonyl (C=O) groups is 1. The average molecular weight is 305 g/mol. The molecule has 0 aromatic heterocycles. The number of amides is 1. The predicted octanol–water partition coefficient (Wildman–Crippen LogP) is 1.75. The summed E-state index contributed by atoms with van der Waals surface area (Å²) in [5.74, 6) is -0.522. The van der Waals surface area contributed by atoms with E-state index < -0.39 is 21.6 Å². The van der Waals surface area contributed by atoms with Gasteiger partial charge in [0.15, 0.2) is 0 Å². The van der Waals surface area contributed by atoms with Crippen molar-refractivity contribution in [2.45, 2.75) is 12.2 Å². The molecule has 0 bridgehead atoms. The number of nitrogens with one attached hydrogen (secondary N) is 1. The lowest BCUT2D eigenvalue weighted by Gasteiger charge is -2.10. The van der Waals surface area contributed by atoms with Crippen molar-refractivity contribution in [1.82, 2.24) is 5.32 Å². The monoisotopic (exact) mass is 304 g/mol. The van der Waals surface area contributed by atoms with Gasteiger partial charge in [-0.25, -0.2) is 0 Å². The smallest absolute Gasteiger partial charge is 0.288 e. The highest BCUT2D eigenvalue weighted by Crippen LogP contribution is 2.27. The van der Waals surface area contributed by atoms with E-state index in [1.165, 1.54) is 24.5 Å². The molecule has 2 unspecified atom stereocenters. The Hall–Kier alpha value is -1.47. The first kappa shape index (κ1) is 15.6. The van der Waals surface area contributed by atoms with Crippen molar-refractivity contribution >= 4 is 34.0 Å². The van der Waals surface area contributed by atoms with Crippen LogP contribution in [-0.4, -0.2) is 33.1 Å². The van der Waals surface area contributed by atoms with E-state index in [-0.39, 0.29) is 28.1 Å². The third kappa shape index (κ3) is 4.00. The van der Waals surface area contributed by atoms with Crippen molar-refractivity contribution < 1.29 is 13.9 Å². The van der Waals surface area contributed by atoms with Crippen molar-refractivity contribution in [3.8, 4) is 0 Å². The highest BCUT2D eigenvalue weighted by atomic mass is 35.5. The summed E-state index contributed by atoms with van der Waals surface area (Å²) in [4.78, 5) is 21.9. The van der Waals surface area contributed by atoms with Crippen molar-refractivity contribution in [2.75, 3.05) is 12.8 Å². The number of rotatable bonds is 5. The Labute approximate surface area is 117 Å². The van der Waals surface area contributed by atoms with Gasteiger partial charge < -0.3 is 5.32 Å². The first-order valence-corrected chi connectivity index (χ1v) is 7.37. The van der Waals surface area contributed by atoms with Crippen LogP contribution in [0.2, 0.25) is 5.02 Å². The molecule has 1 aromatic carbocycles. The van der Waals surface area contributed by atoms with Crippen LogP contribution in [0.1, 0.15) is 17.3 Å². The maximum Gasteiger partial charge on any atom is 0.288 e. The zero-order valence-electron chi connectivity index (χ0n) is 10.4. The van der Waals surface area contributed by atoms with Gasteiger partial charge >= 0.3 is 0 Å². The zero-order chi connectivity index (χ0) is 14.6. The molecule has 0 heterocycles. The van der Waals surface area contributed by atoms with Crippen molar-refractivity contribution in [3.63, 3.8) is 0 Å². The minimum absolute atomic E-state index is 0.0324. The fourth-order valence-corrected chi connectivity index (χ4v) is 1.88. The topological polar surface area (TPSA) is 89.3 Å². The molecule has 0 spiro atoms. The van der Waals surface area contributed by atoms with Gasteiger partial charge in [0.25, 0.3) is 11.6 Å². The molecule has 19 heavy (non-hydrogen) atoms. The number of benzene rings is 1. The van der Waals surface area contributed by atoms with Crippen LogP contribution < -0.4 is 5.32 Å². The third-order valence-electron chi connectivity index (χ3n) is 2.54. The normalized spacial score (nSPS) is 13.6. The second kappa shape index (κ2) is 6.63. The lowest BCUT2D eigenvalue weighted by Crippen LogP contribution is -2.32. The fraction of sp³-hybridized carbons (Fsp3) is 0.364. The van der Waals surface area contributed by atoms with Crippen molar-refractivity contribution in [1.29, 1.82) is 0 Å². The molecular weight excluding hydrogens is 292 g/mol. The van der Waals surface area contributed by atoms with Crippen molar-refractivity contribution in [2.24, 2.45) is 0 Å². The Kier molecular flexibility index (Phi) is 5.44. The Morgan fingerprint density at radius 1 is 1.58 bits per heavy atom. The summed E-state index contributed by atoms with van der Waals surface area (Å²) >= 11 is 5.81. The van der Waals surface area contributed by atoms with Gasteiger partial charge in [0.1, 0.15) is 5.02 Å². The summed E-state index contributed by atoms with van der Waals surface area (Å²) in [5, 5.41) is 12.8. The van der Waals surface area contributed by atoms with Gasteiger partial charge in [0.05, 0.1) is 10.5 Å². The van der Waals surface area contributed by atoms with E-state index in [1.54, 1.807) is 6.92 Å². The third-order valence-corrected chi connectivity index (χ3v) is 4.23. The number of nitro benzene ring substituents is 1. The molecule has 0 aliphatic carbocycles. The standard InChI is InChI=1S/C11H13ClN2O4S/c1-7(19(2)18)6-13-11(15)8-4-3-5-9(10(8)12)14(16)17/h3-5,7H,6H2,1-2H3,(H,13,15). The maximum atomic E-state index is 11.9. The first-order chi connectivity index (χ1) is 8.84. The predicted molar refractivity (Wildman–Crippen MR) is 74.0 cm³/mol. The van der Waals surface area contributed by atoms with Gasteiger partial charge in [-0.15, -0.1) is 0 Å². The molecule has 104 valence electrons. The van der Waals surface area contributed by atoms with Gasteiger partial charge in [0, 0.05) is 34.9 Å². The Morgan fingerprint density at radius 3 is 2.74 bits per heavy atom. The van der Waals surface area contributed by atoms with E-state index in [0.29, 0.717) is 0 Å². The number of nitrogens with zero attached hydrogens (tertiary/aromatic N) is 1. The molecule has 0 aliphatic heterocycles. The van der Waals surface area contributed by atoms with Crippen LogP contribution in [-0.2, 0) is 10.8 Å². The lowest BCUT2D eigenvalue weighted by molar-refractivity contribution is -0.384. The number of halogens is 1. The molecule has 0 saturated carbocycles. The molecule has 2 atom stereocenters. The number of nitro groups is 1. The fourth-order valence-electron chi connectivity index (χ4n) is 1.29. The second-order valence-electron chi connectivity index (χ2n) is 3.92. The second-order valence-corrected chi connectivity index (χ2v) is 6.09. The SMILES string of the molecule is CC(CNC(=O)c1cccc([N+](=O)[O-])c1Cl)S(C)=O. The van der Waals surface area contributed by atoms with Crippen molar-refractivity contribution in [3.05, 3.63) is 38.9 Å². The van der Waals surface area contributed by atoms with Crippen LogP contribution in [0.5, 0.6) is 0 Å². The average Bonchev–Trinajstić information content (AvgIpc) is 2.35. The maximum absolute atomic E-state index is 11.9. The van der Waals surface area contributed by atoms with Crippen LogP contribution >= 0.6 is 11.6 Å². The quantitative estimate of drug-likeness (QED) is 0.663. The molecule has 1 aromatic rings. The van der Waals surface area contributed by atoms with Crippen LogP contribution in [0.4, 0.5) is 5.69 Å².